The first kappa shape index (κ1) is 13.4. The van der Waals surface area contributed by atoms with E-state index in [-0.39, 0.29) is 0 Å². The molecule has 1 heterocycles. The average molecular weight is 288 g/mol. The summed E-state index contributed by atoms with van der Waals surface area (Å²) in [6.07, 6.45) is 7.37. The highest BCUT2D eigenvalue weighted by Crippen LogP contribution is 2.25. The number of hydrogen-bond acceptors (Lipinski definition) is 4. The molecule has 2 aromatic rings. The monoisotopic (exact) mass is 288 g/mol. The van der Waals surface area contributed by atoms with Gasteiger partial charge in [-0.1, -0.05) is 0 Å². The fourth-order valence-corrected chi connectivity index (χ4v) is 3.26. The van der Waals surface area contributed by atoms with Crippen LogP contribution in [-0.2, 0) is 6.54 Å². The number of nitrogens with one attached hydrogen (secondary N) is 1. The topological polar surface area (TPSA) is 34.2 Å². The second-order valence-corrected chi connectivity index (χ2v) is 6.57. The van der Waals surface area contributed by atoms with Gasteiger partial charge in [0.25, 0.3) is 0 Å². The lowest BCUT2D eigenvalue weighted by atomic mass is 10.2. The van der Waals surface area contributed by atoms with E-state index in [9.17, 15) is 0 Å². The number of thiazole rings is 1. The van der Waals surface area contributed by atoms with E-state index in [1.54, 1.807) is 11.3 Å². The van der Waals surface area contributed by atoms with Gasteiger partial charge in [-0.3, -0.25) is 0 Å². The Labute approximate surface area is 124 Å². The predicted octanol–water partition coefficient (Wildman–Crippen LogP) is 4.39. The van der Waals surface area contributed by atoms with Crippen LogP contribution < -0.4 is 10.1 Å². The van der Waals surface area contributed by atoms with Crippen LogP contribution in [0.4, 0.5) is 5.69 Å². The first-order valence-corrected chi connectivity index (χ1v) is 8.03. The minimum atomic E-state index is 0.425. The van der Waals surface area contributed by atoms with Gasteiger partial charge in [0, 0.05) is 16.8 Å². The maximum atomic E-state index is 5.96. The summed E-state index contributed by atoms with van der Waals surface area (Å²) in [6, 6.07) is 8.27. The zero-order valence-electron chi connectivity index (χ0n) is 11.8. The van der Waals surface area contributed by atoms with E-state index in [0.717, 1.165) is 23.0 Å². The van der Waals surface area contributed by atoms with E-state index < -0.39 is 0 Å². The third kappa shape index (κ3) is 3.51. The van der Waals surface area contributed by atoms with E-state index in [0.29, 0.717) is 6.10 Å². The molecule has 0 amide bonds. The molecule has 1 aromatic heterocycles. The molecule has 1 aromatic carbocycles. The summed E-state index contributed by atoms with van der Waals surface area (Å²) in [7, 11) is 0. The van der Waals surface area contributed by atoms with E-state index in [2.05, 4.69) is 34.6 Å². The van der Waals surface area contributed by atoms with Crippen LogP contribution in [0.2, 0.25) is 0 Å². The first-order valence-electron chi connectivity index (χ1n) is 7.21. The van der Waals surface area contributed by atoms with Gasteiger partial charge in [-0.15, -0.1) is 11.3 Å². The summed E-state index contributed by atoms with van der Waals surface area (Å²) in [5.41, 5.74) is 1.12. The van der Waals surface area contributed by atoms with Gasteiger partial charge in [-0.05, 0) is 56.9 Å². The van der Waals surface area contributed by atoms with Crippen LogP contribution in [0.15, 0.2) is 30.5 Å². The Hall–Kier alpha value is -1.55. The zero-order valence-corrected chi connectivity index (χ0v) is 12.6. The lowest BCUT2D eigenvalue weighted by molar-refractivity contribution is 0.210. The standard InChI is InChI=1S/C16H20N2OS/c1-12-17-10-16(20-12)11-18-13-6-8-15(9-7-13)19-14-4-2-3-5-14/h6-10,14,18H,2-5,11H2,1H3. The largest absolute Gasteiger partial charge is 0.490 e. The van der Waals surface area contributed by atoms with Crippen LogP contribution in [0.3, 0.4) is 0 Å². The Morgan fingerprint density at radius 1 is 1.25 bits per heavy atom. The Bertz CT molecular complexity index is 544. The highest BCUT2D eigenvalue weighted by molar-refractivity contribution is 7.11. The van der Waals surface area contributed by atoms with Gasteiger partial charge in [0.15, 0.2) is 0 Å². The fourth-order valence-electron chi connectivity index (χ4n) is 2.53. The summed E-state index contributed by atoms with van der Waals surface area (Å²) < 4.78 is 5.96. The molecule has 1 aliphatic carbocycles. The third-order valence-electron chi connectivity index (χ3n) is 3.60. The molecule has 0 unspecified atom stereocenters. The number of anilines is 1. The fraction of sp³-hybridized carbons (Fsp3) is 0.438. The van der Waals surface area contributed by atoms with Crippen molar-refractivity contribution >= 4 is 17.0 Å². The summed E-state index contributed by atoms with van der Waals surface area (Å²) in [6.45, 7) is 2.86. The van der Waals surface area contributed by atoms with Crippen LogP contribution in [-0.4, -0.2) is 11.1 Å². The molecule has 1 fully saturated rings. The number of hydrogen-bond donors (Lipinski definition) is 1. The number of nitrogens with zero attached hydrogens (tertiary/aromatic N) is 1. The summed E-state index contributed by atoms with van der Waals surface area (Å²) in [5.74, 6) is 0.982. The Morgan fingerprint density at radius 2 is 2.00 bits per heavy atom. The molecule has 1 aliphatic rings. The van der Waals surface area contributed by atoms with Gasteiger partial charge in [-0.2, -0.15) is 0 Å². The molecule has 106 valence electrons. The van der Waals surface area contributed by atoms with Crippen LogP contribution >= 0.6 is 11.3 Å². The van der Waals surface area contributed by atoms with Crippen LogP contribution in [0, 0.1) is 6.92 Å². The number of aromatic nitrogens is 1. The maximum Gasteiger partial charge on any atom is 0.119 e. The van der Waals surface area contributed by atoms with Gasteiger partial charge in [0.05, 0.1) is 17.7 Å². The molecule has 0 spiro atoms. The molecule has 0 bridgehead atoms. The molecule has 4 heteroatoms. The predicted molar refractivity (Wildman–Crippen MR) is 83.5 cm³/mol. The van der Waals surface area contributed by atoms with Crippen molar-refractivity contribution in [2.24, 2.45) is 0 Å². The second-order valence-electron chi connectivity index (χ2n) is 5.25. The minimum absolute atomic E-state index is 0.425. The lowest BCUT2D eigenvalue weighted by Gasteiger charge is -2.13. The highest BCUT2D eigenvalue weighted by atomic mass is 32.1. The highest BCUT2D eigenvalue weighted by Gasteiger charge is 2.16. The Morgan fingerprint density at radius 3 is 2.65 bits per heavy atom. The lowest BCUT2D eigenvalue weighted by Crippen LogP contribution is -2.10. The third-order valence-corrected chi connectivity index (χ3v) is 4.51. The number of rotatable bonds is 5. The zero-order chi connectivity index (χ0) is 13.8. The minimum Gasteiger partial charge on any atom is -0.490 e. The molecule has 3 rings (SSSR count). The number of ether oxygens (including phenoxy) is 1. The van der Waals surface area contributed by atoms with Crippen molar-refractivity contribution in [3.63, 3.8) is 0 Å². The molecular weight excluding hydrogens is 268 g/mol. The molecule has 20 heavy (non-hydrogen) atoms. The number of aryl methyl sites for hydroxylation is 1. The molecule has 0 radical (unpaired) electrons. The molecule has 1 saturated carbocycles. The van der Waals surface area contributed by atoms with Gasteiger partial charge in [0.1, 0.15) is 5.75 Å². The molecule has 0 saturated heterocycles. The van der Waals surface area contributed by atoms with Crippen LogP contribution in [0.5, 0.6) is 5.75 Å². The molecule has 3 nitrogen and oxygen atoms in total. The van der Waals surface area contributed by atoms with Crippen molar-refractivity contribution in [3.8, 4) is 5.75 Å². The summed E-state index contributed by atoms with van der Waals surface area (Å²) in [4.78, 5) is 5.52. The van der Waals surface area contributed by atoms with Crippen LogP contribution in [0.25, 0.3) is 0 Å². The smallest absolute Gasteiger partial charge is 0.119 e. The molecular formula is C16H20N2OS. The molecule has 0 atom stereocenters. The quantitative estimate of drug-likeness (QED) is 0.886. The van der Waals surface area contributed by atoms with Crippen molar-refractivity contribution in [2.45, 2.75) is 45.3 Å². The van der Waals surface area contributed by atoms with Crippen molar-refractivity contribution < 1.29 is 4.74 Å². The van der Waals surface area contributed by atoms with E-state index in [4.69, 9.17) is 4.74 Å². The Balaban J connectivity index is 1.52. The molecule has 0 aliphatic heterocycles. The summed E-state index contributed by atoms with van der Waals surface area (Å²) in [5, 5.41) is 4.52. The van der Waals surface area contributed by atoms with Gasteiger partial charge >= 0.3 is 0 Å². The van der Waals surface area contributed by atoms with Crippen LogP contribution in [0.1, 0.15) is 35.6 Å². The SMILES string of the molecule is Cc1ncc(CNc2ccc(OC3CCCC3)cc2)s1. The maximum absolute atomic E-state index is 5.96. The Kier molecular flexibility index (Phi) is 4.21. The van der Waals surface area contributed by atoms with Gasteiger partial charge in [0.2, 0.25) is 0 Å². The van der Waals surface area contributed by atoms with Crippen molar-refractivity contribution in [1.29, 1.82) is 0 Å². The van der Waals surface area contributed by atoms with Crippen molar-refractivity contribution in [1.82, 2.24) is 4.98 Å². The first-order chi connectivity index (χ1) is 9.79. The van der Waals surface area contributed by atoms with E-state index in [1.807, 2.05) is 13.1 Å². The van der Waals surface area contributed by atoms with Crippen molar-refractivity contribution in [2.75, 3.05) is 5.32 Å². The number of benzene rings is 1. The van der Waals surface area contributed by atoms with Gasteiger partial charge < -0.3 is 10.1 Å². The average Bonchev–Trinajstić information content (AvgIpc) is 3.10. The molecule has 1 N–H and O–H groups in total. The normalized spacial score (nSPS) is 15.4. The summed E-state index contributed by atoms with van der Waals surface area (Å²) >= 11 is 1.73. The van der Waals surface area contributed by atoms with E-state index in [1.165, 1.54) is 30.6 Å². The van der Waals surface area contributed by atoms with E-state index >= 15 is 0 Å². The second kappa shape index (κ2) is 6.27. The van der Waals surface area contributed by atoms with Crippen molar-refractivity contribution in [3.05, 3.63) is 40.3 Å². The van der Waals surface area contributed by atoms with Gasteiger partial charge in [-0.25, -0.2) is 4.98 Å².